The Hall–Kier alpha value is -0.860. The SMILES string of the molecule is CCSC(=S)/C=C/C=C/c1ccccc1. The molecular weight excluding hydrogens is 220 g/mol. The molecule has 1 aromatic rings. The average molecular weight is 234 g/mol. The highest BCUT2D eigenvalue weighted by molar-refractivity contribution is 8.23. The van der Waals surface area contributed by atoms with Crippen LogP contribution in [0.4, 0.5) is 0 Å². The lowest BCUT2D eigenvalue weighted by Gasteiger charge is -1.91. The van der Waals surface area contributed by atoms with E-state index in [0.29, 0.717) is 0 Å². The van der Waals surface area contributed by atoms with Crippen molar-refractivity contribution in [3.05, 3.63) is 54.1 Å². The van der Waals surface area contributed by atoms with Gasteiger partial charge >= 0.3 is 0 Å². The molecule has 0 aliphatic heterocycles. The van der Waals surface area contributed by atoms with E-state index in [9.17, 15) is 0 Å². The fraction of sp³-hybridized carbons (Fsp3) is 0.154. The van der Waals surface area contributed by atoms with Crippen molar-refractivity contribution in [2.75, 3.05) is 5.75 Å². The van der Waals surface area contributed by atoms with Gasteiger partial charge in [-0.05, 0) is 17.4 Å². The van der Waals surface area contributed by atoms with Crippen LogP contribution in [0, 0.1) is 0 Å². The van der Waals surface area contributed by atoms with E-state index in [0.717, 1.165) is 9.95 Å². The van der Waals surface area contributed by atoms with Crippen LogP contribution in [0.2, 0.25) is 0 Å². The molecule has 1 rings (SSSR count). The van der Waals surface area contributed by atoms with Crippen molar-refractivity contribution in [2.24, 2.45) is 0 Å². The molecule has 0 saturated carbocycles. The topological polar surface area (TPSA) is 0 Å². The first kappa shape index (κ1) is 12.2. The lowest BCUT2D eigenvalue weighted by molar-refractivity contribution is 1.54. The number of allylic oxidation sites excluding steroid dienone is 2. The van der Waals surface area contributed by atoms with Gasteiger partial charge in [0.25, 0.3) is 0 Å². The van der Waals surface area contributed by atoms with Crippen LogP contribution in [-0.4, -0.2) is 9.95 Å². The summed E-state index contributed by atoms with van der Waals surface area (Å²) in [7, 11) is 0. The van der Waals surface area contributed by atoms with Gasteiger partial charge in [-0.15, -0.1) is 11.8 Å². The molecule has 0 aromatic heterocycles. The summed E-state index contributed by atoms with van der Waals surface area (Å²) in [4.78, 5) is 0. The summed E-state index contributed by atoms with van der Waals surface area (Å²) in [6.45, 7) is 2.10. The predicted molar refractivity (Wildman–Crippen MR) is 75.3 cm³/mol. The number of benzene rings is 1. The summed E-state index contributed by atoms with van der Waals surface area (Å²) in [6, 6.07) is 10.2. The lowest BCUT2D eigenvalue weighted by atomic mass is 10.2. The van der Waals surface area contributed by atoms with Crippen molar-refractivity contribution >= 4 is 34.3 Å². The third-order valence-electron chi connectivity index (χ3n) is 1.72. The molecule has 0 radical (unpaired) electrons. The summed E-state index contributed by atoms with van der Waals surface area (Å²) in [5.74, 6) is 1.03. The lowest BCUT2D eigenvalue weighted by Crippen LogP contribution is -1.79. The number of hydrogen-bond acceptors (Lipinski definition) is 2. The van der Waals surface area contributed by atoms with Crippen molar-refractivity contribution in [3.8, 4) is 0 Å². The number of thioether (sulfide) groups is 1. The maximum Gasteiger partial charge on any atom is 0.0705 e. The van der Waals surface area contributed by atoms with Crippen molar-refractivity contribution in [1.29, 1.82) is 0 Å². The Bertz CT molecular complexity index is 350. The molecule has 0 N–H and O–H groups in total. The molecule has 0 aliphatic carbocycles. The smallest absolute Gasteiger partial charge is 0.0705 e. The molecular formula is C13H14S2. The molecule has 1 aromatic carbocycles. The Morgan fingerprint density at radius 1 is 1.27 bits per heavy atom. The van der Waals surface area contributed by atoms with Crippen molar-refractivity contribution in [2.45, 2.75) is 6.92 Å². The Morgan fingerprint density at radius 3 is 2.67 bits per heavy atom. The van der Waals surface area contributed by atoms with Crippen LogP contribution < -0.4 is 0 Å². The zero-order valence-corrected chi connectivity index (χ0v) is 10.4. The summed E-state index contributed by atoms with van der Waals surface area (Å²) < 4.78 is 0.940. The maximum absolute atomic E-state index is 5.13. The molecule has 0 spiro atoms. The van der Waals surface area contributed by atoms with Crippen LogP contribution in [0.1, 0.15) is 12.5 Å². The van der Waals surface area contributed by atoms with Gasteiger partial charge in [-0.1, -0.05) is 67.7 Å². The Labute approximate surface area is 101 Å². The summed E-state index contributed by atoms with van der Waals surface area (Å²) in [5.41, 5.74) is 1.20. The highest BCUT2D eigenvalue weighted by Gasteiger charge is 1.86. The quantitative estimate of drug-likeness (QED) is 0.432. The monoisotopic (exact) mass is 234 g/mol. The van der Waals surface area contributed by atoms with E-state index in [2.05, 4.69) is 25.1 Å². The number of rotatable bonds is 4. The largest absolute Gasteiger partial charge is 0.115 e. The Morgan fingerprint density at radius 2 is 2.00 bits per heavy atom. The third kappa shape index (κ3) is 5.55. The van der Waals surface area contributed by atoms with Crippen LogP contribution >= 0.6 is 24.0 Å². The molecule has 0 amide bonds. The van der Waals surface area contributed by atoms with E-state index < -0.39 is 0 Å². The van der Waals surface area contributed by atoms with Crippen LogP contribution in [0.25, 0.3) is 6.08 Å². The van der Waals surface area contributed by atoms with Gasteiger partial charge in [0, 0.05) is 0 Å². The second kappa shape index (κ2) is 7.43. The molecule has 0 unspecified atom stereocenters. The van der Waals surface area contributed by atoms with Crippen molar-refractivity contribution in [3.63, 3.8) is 0 Å². The minimum atomic E-state index is 0.940. The summed E-state index contributed by atoms with van der Waals surface area (Å²) >= 11 is 6.81. The van der Waals surface area contributed by atoms with Gasteiger partial charge in [0.15, 0.2) is 0 Å². The minimum Gasteiger partial charge on any atom is -0.115 e. The standard InChI is InChI=1S/C13H14S2/c1-2-15-13(14)11-7-6-10-12-8-4-3-5-9-12/h3-11H,2H2,1H3/b10-6+,11-7+. The highest BCUT2D eigenvalue weighted by atomic mass is 32.2. The van der Waals surface area contributed by atoms with Gasteiger partial charge < -0.3 is 0 Å². The first-order chi connectivity index (χ1) is 7.33. The van der Waals surface area contributed by atoms with Gasteiger partial charge in [-0.25, -0.2) is 0 Å². The van der Waals surface area contributed by atoms with E-state index in [1.54, 1.807) is 11.8 Å². The summed E-state index contributed by atoms with van der Waals surface area (Å²) in [5, 5.41) is 0. The molecule has 78 valence electrons. The third-order valence-corrected chi connectivity index (χ3v) is 2.92. The Kier molecular flexibility index (Phi) is 6.05. The highest BCUT2D eigenvalue weighted by Crippen LogP contribution is 2.05. The van der Waals surface area contributed by atoms with Crippen LogP contribution in [0.3, 0.4) is 0 Å². The first-order valence-electron chi connectivity index (χ1n) is 4.89. The molecule has 0 fully saturated rings. The molecule has 0 heterocycles. The molecule has 0 saturated heterocycles. The maximum atomic E-state index is 5.13. The van der Waals surface area contributed by atoms with Crippen LogP contribution in [0.15, 0.2) is 48.6 Å². The second-order valence-electron chi connectivity index (χ2n) is 2.88. The Balaban J connectivity index is 2.43. The molecule has 0 atom stereocenters. The summed E-state index contributed by atoms with van der Waals surface area (Å²) in [6.07, 6.45) is 8.02. The van der Waals surface area contributed by atoms with Gasteiger partial charge in [0.05, 0.1) is 4.20 Å². The first-order valence-corrected chi connectivity index (χ1v) is 6.29. The van der Waals surface area contributed by atoms with Gasteiger partial charge in [0.2, 0.25) is 0 Å². The van der Waals surface area contributed by atoms with Crippen molar-refractivity contribution in [1.82, 2.24) is 0 Å². The van der Waals surface area contributed by atoms with Gasteiger partial charge in [0.1, 0.15) is 0 Å². The van der Waals surface area contributed by atoms with E-state index in [1.165, 1.54) is 5.56 Å². The zero-order valence-electron chi connectivity index (χ0n) is 8.72. The predicted octanol–water partition coefficient (Wildman–Crippen LogP) is 4.34. The number of thiocarbonyl (C=S) groups is 1. The average Bonchev–Trinajstić information content (AvgIpc) is 2.26. The van der Waals surface area contributed by atoms with E-state index in [1.807, 2.05) is 36.4 Å². The van der Waals surface area contributed by atoms with Crippen LogP contribution in [0.5, 0.6) is 0 Å². The van der Waals surface area contributed by atoms with Gasteiger partial charge in [-0.2, -0.15) is 0 Å². The molecule has 15 heavy (non-hydrogen) atoms. The van der Waals surface area contributed by atoms with E-state index >= 15 is 0 Å². The molecule has 0 bridgehead atoms. The normalized spacial score (nSPS) is 11.3. The molecule has 0 aliphatic rings. The fourth-order valence-electron chi connectivity index (χ4n) is 1.06. The van der Waals surface area contributed by atoms with Gasteiger partial charge in [-0.3, -0.25) is 0 Å². The van der Waals surface area contributed by atoms with Crippen molar-refractivity contribution < 1.29 is 0 Å². The zero-order chi connectivity index (χ0) is 10.9. The fourth-order valence-corrected chi connectivity index (χ4v) is 1.95. The second-order valence-corrected chi connectivity index (χ2v) is 4.89. The van der Waals surface area contributed by atoms with E-state index in [4.69, 9.17) is 12.2 Å². The van der Waals surface area contributed by atoms with Crippen LogP contribution in [-0.2, 0) is 0 Å². The molecule has 2 heteroatoms. The minimum absolute atomic E-state index is 0.940. The van der Waals surface area contributed by atoms with E-state index in [-0.39, 0.29) is 0 Å². The molecule has 0 nitrogen and oxygen atoms in total. The number of hydrogen-bond donors (Lipinski definition) is 0.